The molecule has 0 aliphatic heterocycles. The van der Waals surface area contributed by atoms with Crippen LogP contribution in [0.4, 0.5) is 26.3 Å². The SMILES string of the molecule is CC(C)(C)Sc1cc(C(F)(F)F)ccc1C=NC1CCCCC1N=Cc1ccc(C(F)(F)F)cc1SC(C)(C)C. The normalized spacial score (nSPS) is 19.6. The molecule has 220 valence electrons. The van der Waals surface area contributed by atoms with E-state index in [0.717, 1.165) is 37.8 Å². The predicted molar refractivity (Wildman–Crippen MR) is 155 cm³/mol. The highest BCUT2D eigenvalue weighted by Crippen LogP contribution is 2.40. The first-order valence-corrected chi connectivity index (χ1v) is 14.8. The fraction of sp³-hybridized carbons (Fsp3) is 0.533. The first-order chi connectivity index (χ1) is 18.3. The summed E-state index contributed by atoms with van der Waals surface area (Å²) < 4.78 is 79.6. The van der Waals surface area contributed by atoms with Crippen LogP contribution < -0.4 is 0 Å². The standard InChI is InChI=1S/C30H36F6N2S2/c1-27(2,3)39-25-15-21(29(31,32)33)13-11-19(25)17-37-23-9-7-8-10-24(23)38-18-20-12-14-22(30(34,35)36)16-26(20)40-28(4,5)6/h11-18,23-24H,7-10H2,1-6H3. The molecule has 0 N–H and O–H groups in total. The molecule has 1 aliphatic carbocycles. The van der Waals surface area contributed by atoms with E-state index < -0.39 is 23.5 Å². The highest BCUT2D eigenvalue weighted by molar-refractivity contribution is 8.01. The Labute approximate surface area is 241 Å². The average Bonchev–Trinajstić information content (AvgIpc) is 2.79. The Morgan fingerprint density at radius 1 is 0.625 bits per heavy atom. The van der Waals surface area contributed by atoms with Crippen molar-refractivity contribution in [3.8, 4) is 0 Å². The van der Waals surface area contributed by atoms with Gasteiger partial charge in [-0.1, -0.05) is 66.5 Å². The van der Waals surface area contributed by atoms with Gasteiger partial charge in [-0.3, -0.25) is 9.98 Å². The van der Waals surface area contributed by atoms with E-state index in [1.807, 2.05) is 41.5 Å². The highest BCUT2D eigenvalue weighted by Gasteiger charge is 2.33. The number of hydrogen-bond acceptors (Lipinski definition) is 4. The molecule has 0 bridgehead atoms. The van der Waals surface area contributed by atoms with E-state index in [1.165, 1.54) is 47.8 Å². The molecule has 0 aromatic heterocycles. The Morgan fingerprint density at radius 2 is 0.975 bits per heavy atom. The topological polar surface area (TPSA) is 24.7 Å². The van der Waals surface area contributed by atoms with Crippen molar-refractivity contribution in [1.82, 2.24) is 0 Å². The van der Waals surface area contributed by atoms with Crippen LogP contribution in [0.2, 0.25) is 0 Å². The van der Waals surface area contributed by atoms with Crippen LogP contribution in [-0.4, -0.2) is 34.0 Å². The lowest BCUT2D eigenvalue weighted by molar-refractivity contribution is -0.138. The summed E-state index contributed by atoms with van der Waals surface area (Å²) in [5, 5.41) is 0. The van der Waals surface area contributed by atoms with Crippen molar-refractivity contribution in [2.45, 2.75) is 111 Å². The Hall–Kier alpha value is -1.94. The molecular weight excluding hydrogens is 566 g/mol. The zero-order chi connectivity index (χ0) is 29.9. The van der Waals surface area contributed by atoms with Gasteiger partial charge in [0.05, 0.1) is 23.2 Å². The largest absolute Gasteiger partial charge is 0.416 e. The molecule has 1 fully saturated rings. The minimum absolute atomic E-state index is 0.173. The zero-order valence-corrected chi connectivity index (χ0v) is 25.2. The van der Waals surface area contributed by atoms with E-state index in [9.17, 15) is 26.3 Å². The average molecular weight is 603 g/mol. The van der Waals surface area contributed by atoms with Crippen molar-refractivity contribution in [2.75, 3.05) is 0 Å². The van der Waals surface area contributed by atoms with Gasteiger partial charge in [0.15, 0.2) is 0 Å². The van der Waals surface area contributed by atoms with Gasteiger partial charge in [0.2, 0.25) is 0 Å². The molecule has 0 heterocycles. The summed E-state index contributed by atoms with van der Waals surface area (Å²) in [5.41, 5.74) is -0.158. The Bertz CT molecular complexity index is 1130. The number of rotatable bonds is 6. The first-order valence-electron chi connectivity index (χ1n) is 13.2. The second-order valence-electron chi connectivity index (χ2n) is 11.9. The number of thioether (sulfide) groups is 2. The molecule has 0 radical (unpaired) electrons. The number of nitrogens with zero attached hydrogens (tertiary/aromatic N) is 2. The van der Waals surface area contributed by atoms with Gasteiger partial charge >= 0.3 is 12.4 Å². The van der Waals surface area contributed by atoms with Crippen LogP contribution in [0.3, 0.4) is 0 Å². The van der Waals surface area contributed by atoms with Gasteiger partial charge in [-0.05, 0) is 37.1 Å². The van der Waals surface area contributed by atoms with Crippen molar-refractivity contribution in [3.63, 3.8) is 0 Å². The molecule has 1 aliphatic rings. The van der Waals surface area contributed by atoms with Gasteiger partial charge in [0, 0.05) is 42.8 Å². The fourth-order valence-corrected chi connectivity index (χ4v) is 6.43. The number of benzene rings is 2. The van der Waals surface area contributed by atoms with Crippen molar-refractivity contribution in [1.29, 1.82) is 0 Å². The summed E-state index contributed by atoms with van der Waals surface area (Å²) in [5.74, 6) is 0. The van der Waals surface area contributed by atoms with E-state index in [1.54, 1.807) is 12.4 Å². The molecule has 0 saturated heterocycles. The summed E-state index contributed by atoms with van der Waals surface area (Å²) in [6.07, 6.45) is -2.12. The van der Waals surface area contributed by atoms with Crippen LogP contribution in [0.5, 0.6) is 0 Å². The Kier molecular flexibility index (Phi) is 10.2. The lowest BCUT2D eigenvalue weighted by atomic mass is 9.91. The summed E-state index contributed by atoms with van der Waals surface area (Å²) in [7, 11) is 0. The minimum atomic E-state index is -4.44. The van der Waals surface area contributed by atoms with Crippen LogP contribution in [0.25, 0.3) is 0 Å². The predicted octanol–water partition coefficient (Wildman–Crippen LogP) is 10.4. The quantitative estimate of drug-likeness (QED) is 0.187. The maximum atomic E-state index is 13.4. The van der Waals surface area contributed by atoms with Gasteiger partial charge in [-0.15, -0.1) is 23.5 Å². The maximum Gasteiger partial charge on any atom is 0.416 e. The van der Waals surface area contributed by atoms with Gasteiger partial charge in [0.1, 0.15) is 0 Å². The second-order valence-corrected chi connectivity index (χ2v) is 15.6. The summed E-state index contributed by atoms with van der Waals surface area (Å²) in [6, 6.07) is 7.06. The number of alkyl halides is 6. The van der Waals surface area contributed by atoms with E-state index in [-0.39, 0.29) is 21.6 Å². The molecule has 2 unspecified atom stereocenters. The lowest BCUT2D eigenvalue weighted by Gasteiger charge is -2.26. The van der Waals surface area contributed by atoms with Gasteiger partial charge < -0.3 is 0 Å². The van der Waals surface area contributed by atoms with Gasteiger partial charge in [-0.2, -0.15) is 26.3 Å². The second kappa shape index (κ2) is 12.5. The third kappa shape index (κ3) is 9.86. The Morgan fingerprint density at radius 3 is 1.27 bits per heavy atom. The van der Waals surface area contributed by atoms with Crippen LogP contribution in [0.1, 0.15) is 89.5 Å². The molecule has 2 nitrogen and oxygen atoms in total. The van der Waals surface area contributed by atoms with E-state index in [2.05, 4.69) is 0 Å². The van der Waals surface area contributed by atoms with Crippen LogP contribution in [-0.2, 0) is 12.4 Å². The van der Waals surface area contributed by atoms with Crippen LogP contribution in [0, 0.1) is 0 Å². The summed E-state index contributed by atoms with van der Waals surface area (Å²) in [6.45, 7) is 11.7. The molecule has 2 atom stereocenters. The summed E-state index contributed by atoms with van der Waals surface area (Å²) >= 11 is 2.72. The van der Waals surface area contributed by atoms with Crippen LogP contribution in [0.15, 0.2) is 56.2 Å². The van der Waals surface area contributed by atoms with Crippen molar-refractivity contribution in [2.24, 2.45) is 9.98 Å². The molecule has 10 heteroatoms. The monoisotopic (exact) mass is 602 g/mol. The number of hydrogen-bond donors (Lipinski definition) is 0. The molecular formula is C30H36F6N2S2. The summed E-state index contributed by atoms with van der Waals surface area (Å²) in [4.78, 5) is 10.6. The van der Waals surface area contributed by atoms with E-state index in [0.29, 0.717) is 20.9 Å². The number of halogens is 6. The third-order valence-corrected chi connectivity index (χ3v) is 8.39. The first kappa shape index (κ1) is 32.6. The van der Waals surface area contributed by atoms with E-state index >= 15 is 0 Å². The Balaban J connectivity index is 1.90. The van der Waals surface area contributed by atoms with Crippen LogP contribution >= 0.6 is 23.5 Å². The molecule has 0 spiro atoms. The van der Waals surface area contributed by atoms with E-state index in [4.69, 9.17) is 9.98 Å². The maximum absolute atomic E-state index is 13.4. The van der Waals surface area contributed by atoms with Crippen molar-refractivity contribution in [3.05, 3.63) is 58.7 Å². The molecule has 3 rings (SSSR count). The zero-order valence-electron chi connectivity index (χ0n) is 23.6. The molecule has 0 amide bonds. The lowest BCUT2D eigenvalue weighted by Crippen LogP contribution is -2.27. The molecule has 40 heavy (non-hydrogen) atoms. The fourth-order valence-electron chi connectivity index (χ4n) is 4.26. The van der Waals surface area contributed by atoms with Gasteiger partial charge in [-0.25, -0.2) is 0 Å². The smallest absolute Gasteiger partial charge is 0.287 e. The number of aliphatic imine (C=N–C) groups is 2. The molecule has 2 aromatic carbocycles. The minimum Gasteiger partial charge on any atom is -0.287 e. The van der Waals surface area contributed by atoms with Crippen molar-refractivity contribution < 1.29 is 26.3 Å². The molecule has 2 aromatic rings. The molecule has 1 saturated carbocycles. The third-order valence-electron chi connectivity index (χ3n) is 6.02. The van der Waals surface area contributed by atoms with Gasteiger partial charge in [0.25, 0.3) is 0 Å². The van der Waals surface area contributed by atoms with Crippen molar-refractivity contribution >= 4 is 36.0 Å². The highest BCUT2D eigenvalue weighted by atomic mass is 32.2.